The molecule has 0 radical (unpaired) electrons. The van der Waals surface area contributed by atoms with E-state index in [0.29, 0.717) is 26.8 Å². The van der Waals surface area contributed by atoms with E-state index < -0.39 is 0 Å². The van der Waals surface area contributed by atoms with E-state index in [1.807, 2.05) is 18.2 Å². The number of nitrogens with zero attached hydrogens (tertiary/aromatic N) is 2. The molecule has 1 amide bonds. The van der Waals surface area contributed by atoms with Gasteiger partial charge >= 0.3 is 0 Å². The van der Waals surface area contributed by atoms with E-state index in [1.54, 1.807) is 34.9 Å². The van der Waals surface area contributed by atoms with Crippen LogP contribution >= 0.6 is 23.4 Å². The van der Waals surface area contributed by atoms with Crippen molar-refractivity contribution in [3.63, 3.8) is 0 Å². The number of amides is 1. The van der Waals surface area contributed by atoms with Crippen molar-refractivity contribution >= 4 is 45.9 Å². The molecular weight excluding hydrogens is 370 g/mol. The number of fused-ring (bicyclic) bond motifs is 1. The van der Waals surface area contributed by atoms with Gasteiger partial charge in [-0.15, -0.1) is 0 Å². The van der Waals surface area contributed by atoms with E-state index in [9.17, 15) is 9.59 Å². The SMILES string of the molecule is O=C(CSc1nc2ccccc2c(=O)n1C1CC1)Nc1ccc(Cl)cc1. The topological polar surface area (TPSA) is 64.0 Å². The molecule has 0 atom stereocenters. The third-order valence-electron chi connectivity index (χ3n) is 4.15. The molecule has 1 aliphatic rings. The monoisotopic (exact) mass is 385 g/mol. The molecule has 3 aromatic rings. The third-order valence-corrected chi connectivity index (χ3v) is 5.35. The van der Waals surface area contributed by atoms with Gasteiger partial charge < -0.3 is 5.32 Å². The van der Waals surface area contributed by atoms with Crippen molar-refractivity contribution in [1.29, 1.82) is 0 Å². The van der Waals surface area contributed by atoms with Crippen LogP contribution in [0.2, 0.25) is 5.02 Å². The van der Waals surface area contributed by atoms with Crippen molar-refractivity contribution in [2.45, 2.75) is 24.0 Å². The molecule has 0 unspecified atom stereocenters. The molecule has 26 heavy (non-hydrogen) atoms. The lowest BCUT2D eigenvalue weighted by atomic mass is 10.2. The molecule has 1 heterocycles. The second-order valence-corrected chi connectivity index (χ2v) is 7.54. The molecule has 0 spiro atoms. The third kappa shape index (κ3) is 3.61. The minimum absolute atomic E-state index is 0.0290. The molecule has 4 rings (SSSR count). The molecule has 7 heteroatoms. The number of hydrogen-bond acceptors (Lipinski definition) is 4. The van der Waals surface area contributed by atoms with Gasteiger partial charge in [-0.3, -0.25) is 14.2 Å². The molecule has 1 aromatic heterocycles. The Morgan fingerprint density at radius 3 is 2.65 bits per heavy atom. The Balaban J connectivity index is 1.55. The fraction of sp³-hybridized carbons (Fsp3) is 0.211. The van der Waals surface area contributed by atoms with E-state index in [-0.39, 0.29) is 23.3 Å². The van der Waals surface area contributed by atoms with Gasteiger partial charge in [0, 0.05) is 16.8 Å². The molecular formula is C19H16ClN3O2S. The maximum Gasteiger partial charge on any atom is 0.262 e. The first kappa shape index (κ1) is 17.1. The zero-order valence-electron chi connectivity index (χ0n) is 13.8. The Kier molecular flexibility index (Phi) is 4.70. The van der Waals surface area contributed by atoms with Gasteiger partial charge in [0.25, 0.3) is 5.56 Å². The smallest absolute Gasteiger partial charge is 0.262 e. The first-order valence-electron chi connectivity index (χ1n) is 8.31. The fourth-order valence-corrected chi connectivity index (χ4v) is 3.73. The number of carbonyl (C=O) groups is 1. The van der Waals surface area contributed by atoms with Crippen LogP contribution in [0.15, 0.2) is 58.5 Å². The van der Waals surface area contributed by atoms with Crippen molar-refractivity contribution < 1.29 is 4.79 Å². The van der Waals surface area contributed by atoms with Gasteiger partial charge in [0.15, 0.2) is 5.16 Å². The standard InChI is InChI=1S/C19H16ClN3O2S/c20-12-5-7-13(8-6-12)21-17(24)11-26-19-22-16-4-2-1-3-15(16)18(25)23(19)14-9-10-14/h1-8,14H,9-11H2,(H,21,24). The summed E-state index contributed by atoms with van der Waals surface area (Å²) in [5, 5.41) is 4.66. The number of aromatic nitrogens is 2. The van der Waals surface area contributed by atoms with Crippen molar-refractivity contribution in [2.24, 2.45) is 0 Å². The van der Waals surface area contributed by atoms with Gasteiger partial charge in [0.05, 0.1) is 16.7 Å². The van der Waals surface area contributed by atoms with E-state index in [0.717, 1.165) is 12.8 Å². The number of nitrogens with one attached hydrogen (secondary N) is 1. The summed E-state index contributed by atoms with van der Waals surface area (Å²) in [6.45, 7) is 0. The minimum atomic E-state index is -0.151. The van der Waals surface area contributed by atoms with E-state index in [2.05, 4.69) is 10.3 Å². The zero-order chi connectivity index (χ0) is 18.1. The summed E-state index contributed by atoms with van der Waals surface area (Å²) < 4.78 is 1.74. The lowest BCUT2D eigenvalue weighted by Gasteiger charge is -2.12. The van der Waals surface area contributed by atoms with Gasteiger partial charge in [-0.25, -0.2) is 4.98 Å². The van der Waals surface area contributed by atoms with Crippen molar-refractivity contribution in [2.75, 3.05) is 11.1 Å². The Labute approximate surface area is 159 Å². The predicted octanol–water partition coefficient (Wildman–Crippen LogP) is 4.12. The van der Waals surface area contributed by atoms with Crippen LogP contribution < -0.4 is 10.9 Å². The van der Waals surface area contributed by atoms with Crippen LogP contribution in [-0.4, -0.2) is 21.2 Å². The molecule has 1 saturated carbocycles. The summed E-state index contributed by atoms with van der Waals surface area (Å²) in [5.74, 6) is 0.0298. The molecule has 5 nitrogen and oxygen atoms in total. The molecule has 1 aliphatic carbocycles. The van der Waals surface area contributed by atoms with Crippen LogP contribution in [-0.2, 0) is 4.79 Å². The molecule has 1 fully saturated rings. The summed E-state index contributed by atoms with van der Waals surface area (Å²) in [7, 11) is 0. The number of rotatable bonds is 5. The summed E-state index contributed by atoms with van der Waals surface area (Å²) in [5.41, 5.74) is 1.32. The maximum atomic E-state index is 12.8. The second kappa shape index (κ2) is 7.13. The van der Waals surface area contributed by atoms with Crippen molar-refractivity contribution in [3.8, 4) is 0 Å². The molecule has 132 valence electrons. The quantitative estimate of drug-likeness (QED) is 0.530. The van der Waals surface area contributed by atoms with Crippen LogP contribution in [0.1, 0.15) is 18.9 Å². The molecule has 0 bridgehead atoms. The highest BCUT2D eigenvalue weighted by molar-refractivity contribution is 7.99. The molecule has 1 N–H and O–H groups in total. The number of anilines is 1. The highest BCUT2D eigenvalue weighted by Gasteiger charge is 2.28. The number of benzene rings is 2. The zero-order valence-corrected chi connectivity index (χ0v) is 15.4. The number of halogens is 1. The van der Waals surface area contributed by atoms with Crippen molar-refractivity contribution in [3.05, 3.63) is 63.9 Å². The van der Waals surface area contributed by atoms with Gasteiger partial charge in [0.2, 0.25) is 5.91 Å². The van der Waals surface area contributed by atoms with Crippen LogP contribution in [0.25, 0.3) is 10.9 Å². The van der Waals surface area contributed by atoms with E-state index in [4.69, 9.17) is 11.6 Å². The largest absolute Gasteiger partial charge is 0.325 e. The second-order valence-electron chi connectivity index (χ2n) is 6.16. The van der Waals surface area contributed by atoms with Crippen LogP contribution in [0, 0.1) is 0 Å². The first-order valence-corrected chi connectivity index (χ1v) is 9.67. The van der Waals surface area contributed by atoms with E-state index in [1.165, 1.54) is 11.8 Å². The minimum Gasteiger partial charge on any atom is -0.325 e. The average molecular weight is 386 g/mol. The Bertz CT molecular complexity index is 1030. The predicted molar refractivity (Wildman–Crippen MR) is 105 cm³/mol. The highest BCUT2D eigenvalue weighted by Crippen LogP contribution is 2.36. The van der Waals surface area contributed by atoms with Gasteiger partial charge in [0.1, 0.15) is 0 Å². The normalized spacial score (nSPS) is 13.7. The lowest BCUT2D eigenvalue weighted by Crippen LogP contribution is -2.23. The summed E-state index contributed by atoms with van der Waals surface area (Å²) in [4.78, 5) is 29.6. The lowest BCUT2D eigenvalue weighted by molar-refractivity contribution is -0.113. The molecule has 0 saturated heterocycles. The number of carbonyl (C=O) groups excluding carboxylic acids is 1. The summed E-state index contributed by atoms with van der Waals surface area (Å²) in [6.07, 6.45) is 1.95. The van der Waals surface area contributed by atoms with Gasteiger partial charge in [-0.2, -0.15) is 0 Å². The Morgan fingerprint density at radius 2 is 1.92 bits per heavy atom. The summed E-state index contributed by atoms with van der Waals surface area (Å²) >= 11 is 7.14. The average Bonchev–Trinajstić information content (AvgIpc) is 3.47. The number of para-hydroxylation sites is 1. The Morgan fingerprint density at radius 1 is 1.19 bits per heavy atom. The maximum absolute atomic E-state index is 12.8. The summed E-state index contributed by atoms with van der Waals surface area (Å²) in [6, 6.07) is 14.5. The fourth-order valence-electron chi connectivity index (χ4n) is 2.74. The molecule has 0 aliphatic heterocycles. The molecule has 2 aromatic carbocycles. The Hall–Kier alpha value is -2.31. The van der Waals surface area contributed by atoms with Gasteiger partial charge in [-0.1, -0.05) is 35.5 Å². The van der Waals surface area contributed by atoms with Crippen LogP contribution in [0.4, 0.5) is 5.69 Å². The van der Waals surface area contributed by atoms with Gasteiger partial charge in [-0.05, 0) is 49.2 Å². The highest BCUT2D eigenvalue weighted by atomic mass is 35.5. The van der Waals surface area contributed by atoms with Crippen LogP contribution in [0.3, 0.4) is 0 Å². The first-order chi connectivity index (χ1) is 12.6. The van der Waals surface area contributed by atoms with Crippen molar-refractivity contribution in [1.82, 2.24) is 9.55 Å². The van der Waals surface area contributed by atoms with E-state index >= 15 is 0 Å². The number of thioether (sulfide) groups is 1. The number of hydrogen-bond donors (Lipinski definition) is 1. The van der Waals surface area contributed by atoms with Crippen LogP contribution in [0.5, 0.6) is 0 Å².